The Morgan fingerprint density at radius 2 is 2.25 bits per heavy atom. The van der Waals surface area contributed by atoms with Crippen molar-refractivity contribution in [2.24, 2.45) is 4.99 Å². The number of fused-ring (bicyclic) bond motifs is 2. The molecular formula is C17H30IN5O. The minimum absolute atomic E-state index is 0. The number of aryl methyl sites for hydroxylation is 3. The van der Waals surface area contributed by atoms with E-state index in [2.05, 4.69) is 40.3 Å². The van der Waals surface area contributed by atoms with Gasteiger partial charge in [0.1, 0.15) is 0 Å². The molecule has 0 aromatic carbocycles. The number of ether oxygens (including phenoxy) is 1. The molecule has 0 spiro atoms. The Morgan fingerprint density at radius 3 is 2.83 bits per heavy atom. The maximum absolute atomic E-state index is 5.91. The average Bonchev–Trinajstić information content (AvgIpc) is 3.20. The van der Waals surface area contributed by atoms with Crippen molar-refractivity contribution < 1.29 is 4.74 Å². The highest BCUT2D eigenvalue weighted by Gasteiger charge is 2.41. The molecule has 2 bridgehead atoms. The van der Waals surface area contributed by atoms with E-state index in [4.69, 9.17) is 9.73 Å². The predicted molar refractivity (Wildman–Crippen MR) is 107 cm³/mol. The number of guanidine groups is 1. The van der Waals surface area contributed by atoms with E-state index >= 15 is 0 Å². The third-order valence-electron chi connectivity index (χ3n) is 4.67. The standard InChI is InChI=1S/C17H29N5O.HI/c1-4-18-17(20-15-11-14-6-7-16(15)23-14)19-8-5-9-22-13(3)10-12(2)21-22;/h10,14-16H,4-9,11H2,1-3H3,(H2,18,19,20);1H. The van der Waals surface area contributed by atoms with Gasteiger partial charge in [0.05, 0.1) is 23.9 Å². The lowest BCUT2D eigenvalue weighted by Gasteiger charge is -2.22. The van der Waals surface area contributed by atoms with Gasteiger partial charge in [0.15, 0.2) is 5.96 Å². The average molecular weight is 447 g/mol. The van der Waals surface area contributed by atoms with Crippen molar-refractivity contribution in [2.45, 2.75) is 71.2 Å². The van der Waals surface area contributed by atoms with Gasteiger partial charge in [-0.1, -0.05) is 0 Å². The fourth-order valence-corrected chi connectivity index (χ4v) is 3.60. The number of halogens is 1. The van der Waals surface area contributed by atoms with Crippen molar-refractivity contribution in [2.75, 3.05) is 13.1 Å². The van der Waals surface area contributed by atoms with Crippen molar-refractivity contribution in [1.82, 2.24) is 20.4 Å². The molecule has 0 aliphatic carbocycles. The number of nitrogens with one attached hydrogen (secondary N) is 2. The zero-order chi connectivity index (χ0) is 16.2. The van der Waals surface area contributed by atoms with Crippen LogP contribution in [0.5, 0.6) is 0 Å². The third-order valence-corrected chi connectivity index (χ3v) is 4.67. The number of nitrogens with zero attached hydrogens (tertiary/aromatic N) is 3. The summed E-state index contributed by atoms with van der Waals surface area (Å²) in [6.45, 7) is 8.83. The first-order valence-corrected chi connectivity index (χ1v) is 8.87. The summed E-state index contributed by atoms with van der Waals surface area (Å²) in [6, 6.07) is 2.53. The molecule has 7 heteroatoms. The van der Waals surface area contributed by atoms with E-state index in [9.17, 15) is 0 Å². The molecular weight excluding hydrogens is 417 g/mol. The number of rotatable bonds is 6. The van der Waals surface area contributed by atoms with Crippen LogP contribution in [0.4, 0.5) is 0 Å². The lowest BCUT2D eigenvalue weighted by Crippen LogP contribution is -2.47. The Labute approximate surface area is 161 Å². The highest BCUT2D eigenvalue weighted by Crippen LogP contribution is 2.34. The number of hydrogen-bond acceptors (Lipinski definition) is 3. The molecule has 3 rings (SSSR count). The normalized spacial score (nSPS) is 25.6. The van der Waals surface area contributed by atoms with Gasteiger partial charge in [0.2, 0.25) is 0 Å². The van der Waals surface area contributed by atoms with Gasteiger partial charge in [-0.3, -0.25) is 9.67 Å². The smallest absolute Gasteiger partial charge is 0.191 e. The van der Waals surface area contributed by atoms with E-state index in [1.54, 1.807) is 0 Å². The molecule has 2 fully saturated rings. The van der Waals surface area contributed by atoms with Crippen molar-refractivity contribution >= 4 is 29.9 Å². The van der Waals surface area contributed by atoms with Crippen LogP contribution in [0.25, 0.3) is 0 Å². The summed E-state index contributed by atoms with van der Waals surface area (Å²) in [5.74, 6) is 0.919. The van der Waals surface area contributed by atoms with Gasteiger partial charge < -0.3 is 15.4 Å². The van der Waals surface area contributed by atoms with Gasteiger partial charge in [-0.15, -0.1) is 24.0 Å². The van der Waals surface area contributed by atoms with Crippen LogP contribution in [0.15, 0.2) is 11.1 Å². The van der Waals surface area contributed by atoms with Crippen LogP contribution in [-0.2, 0) is 11.3 Å². The number of hydrogen-bond donors (Lipinski definition) is 2. The quantitative estimate of drug-likeness (QED) is 0.304. The molecule has 0 amide bonds. The molecule has 3 atom stereocenters. The van der Waals surface area contributed by atoms with E-state index in [1.807, 2.05) is 6.92 Å². The summed E-state index contributed by atoms with van der Waals surface area (Å²) in [6.07, 6.45) is 5.34. The molecule has 2 N–H and O–H groups in total. The van der Waals surface area contributed by atoms with E-state index in [-0.39, 0.29) is 24.0 Å². The molecule has 6 nitrogen and oxygen atoms in total. The fraction of sp³-hybridized carbons (Fsp3) is 0.765. The van der Waals surface area contributed by atoms with Gasteiger partial charge in [-0.25, -0.2) is 0 Å². The summed E-state index contributed by atoms with van der Waals surface area (Å²) in [5.41, 5.74) is 2.30. The van der Waals surface area contributed by atoms with Crippen LogP contribution in [0.1, 0.15) is 44.0 Å². The Balaban J connectivity index is 0.00000208. The fourth-order valence-electron chi connectivity index (χ4n) is 3.60. The SMILES string of the molecule is CCNC(=NCCCn1nc(C)cc1C)NC1CC2CCC1O2.I. The zero-order valence-corrected chi connectivity index (χ0v) is 17.2. The minimum Gasteiger partial charge on any atom is -0.373 e. The second-order valence-corrected chi connectivity index (χ2v) is 6.62. The second-order valence-electron chi connectivity index (χ2n) is 6.62. The number of aromatic nitrogens is 2. The Kier molecular flexibility index (Phi) is 7.34. The summed E-state index contributed by atoms with van der Waals surface area (Å²) in [4.78, 5) is 4.71. The monoisotopic (exact) mass is 447 g/mol. The molecule has 1 aromatic rings. The maximum atomic E-state index is 5.91. The van der Waals surface area contributed by atoms with Crippen LogP contribution in [0.2, 0.25) is 0 Å². The topological polar surface area (TPSA) is 63.5 Å². The van der Waals surface area contributed by atoms with Crippen LogP contribution in [0, 0.1) is 13.8 Å². The first-order valence-electron chi connectivity index (χ1n) is 8.87. The van der Waals surface area contributed by atoms with Gasteiger partial charge in [0.25, 0.3) is 0 Å². The molecule has 0 radical (unpaired) electrons. The van der Waals surface area contributed by atoms with Gasteiger partial charge in [0, 0.05) is 25.3 Å². The molecule has 2 aliphatic rings. The van der Waals surface area contributed by atoms with Crippen LogP contribution >= 0.6 is 24.0 Å². The van der Waals surface area contributed by atoms with Gasteiger partial charge in [-0.2, -0.15) is 5.10 Å². The van der Waals surface area contributed by atoms with Crippen molar-refractivity contribution in [3.63, 3.8) is 0 Å². The van der Waals surface area contributed by atoms with E-state index in [0.717, 1.165) is 44.1 Å². The Bertz CT molecular complexity index is 559. The van der Waals surface area contributed by atoms with Crippen molar-refractivity contribution in [1.29, 1.82) is 0 Å². The third kappa shape index (κ3) is 4.84. The van der Waals surface area contributed by atoms with E-state index in [0.29, 0.717) is 18.2 Å². The highest BCUT2D eigenvalue weighted by molar-refractivity contribution is 14.0. The first-order chi connectivity index (χ1) is 11.2. The maximum Gasteiger partial charge on any atom is 0.191 e. The molecule has 1 aromatic heterocycles. The summed E-state index contributed by atoms with van der Waals surface area (Å²) in [5, 5.41) is 11.4. The molecule has 2 saturated heterocycles. The highest BCUT2D eigenvalue weighted by atomic mass is 127. The molecule has 2 aliphatic heterocycles. The summed E-state index contributed by atoms with van der Waals surface area (Å²) in [7, 11) is 0. The molecule has 0 saturated carbocycles. The number of aliphatic imine (C=N–C) groups is 1. The van der Waals surface area contributed by atoms with Crippen molar-refractivity contribution in [3.8, 4) is 0 Å². The van der Waals surface area contributed by atoms with E-state index < -0.39 is 0 Å². The molecule has 3 heterocycles. The molecule has 24 heavy (non-hydrogen) atoms. The summed E-state index contributed by atoms with van der Waals surface area (Å²) < 4.78 is 7.97. The van der Waals surface area contributed by atoms with Crippen molar-refractivity contribution in [3.05, 3.63) is 17.5 Å². The zero-order valence-electron chi connectivity index (χ0n) is 14.9. The van der Waals surface area contributed by atoms with Crippen LogP contribution in [0.3, 0.4) is 0 Å². The lowest BCUT2D eigenvalue weighted by molar-refractivity contribution is 0.0992. The molecule has 136 valence electrons. The Morgan fingerprint density at radius 1 is 1.42 bits per heavy atom. The second kappa shape index (κ2) is 9.03. The predicted octanol–water partition coefficient (Wildman–Crippen LogP) is 2.38. The van der Waals surface area contributed by atoms with E-state index in [1.165, 1.54) is 18.5 Å². The van der Waals surface area contributed by atoms with Crippen LogP contribution < -0.4 is 10.6 Å². The first kappa shape index (κ1) is 19.5. The minimum atomic E-state index is 0. The lowest BCUT2D eigenvalue weighted by atomic mass is 9.96. The van der Waals surface area contributed by atoms with Crippen LogP contribution in [-0.4, -0.2) is 47.1 Å². The summed E-state index contributed by atoms with van der Waals surface area (Å²) >= 11 is 0. The molecule has 3 unspecified atom stereocenters. The Hall–Kier alpha value is -0.830. The van der Waals surface area contributed by atoms with Gasteiger partial charge >= 0.3 is 0 Å². The largest absolute Gasteiger partial charge is 0.373 e. The van der Waals surface area contributed by atoms with Gasteiger partial charge in [-0.05, 0) is 52.5 Å².